The van der Waals surface area contributed by atoms with Crippen LogP contribution in [0.4, 0.5) is 0 Å². The molecular weight excluding hydrogens is 753 g/mol. The van der Waals surface area contributed by atoms with Crippen molar-refractivity contribution in [2.75, 3.05) is 0 Å². The number of hydrogen-bond donors (Lipinski definition) is 0. The number of benzene rings is 8. The molecule has 290 valence electrons. The van der Waals surface area contributed by atoms with Crippen molar-refractivity contribution in [1.29, 1.82) is 0 Å². The van der Waals surface area contributed by atoms with E-state index in [2.05, 4.69) is 223 Å². The molecule has 3 atom stereocenters. The summed E-state index contributed by atoms with van der Waals surface area (Å²) in [5.74, 6) is 1.98. The van der Waals surface area contributed by atoms with Gasteiger partial charge in [-0.3, -0.25) is 4.57 Å². The molecule has 10 aromatic rings. The first-order valence-electron chi connectivity index (χ1n) is 21.5. The van der Waals surface area contributed by atoms with Gasteiger partial charge in [-0.25, -0.2) is 15.0 Å². The van der Waals surface area contributed by atoms with Gasteiger partial charge in [-0.05, 0) is 74.8 Å². The summed E-state index contributed by atoms with van der Waals surface area (Å²) in [6.45, 7) is 0. The zero-order chi connectivity index (χ0) is 40.8. The lowest BCUT2D eigenvalue weighted by Crippen LogP contribution is -2.32. The molecule has 3 aliphatic carbocycles. The van der Waals surface area contributed by atoms with Crippen molar-refractivity contribution in [2.24, 2.45) is 5.92 Å². The minimum Gasteiger partial charge on any atom is -0.292 e. The summed E-state index contributed by atoms with van der Waals surface area (Å²) in [5.41, 5.74) is 18.3. The maximum Gasteiger partial charge on any atom is 0.160 e. The first-order chi connectivity index (χ1) is 30.8. The average molecular weight is 791 g/mol. The van der Waals surface area contributed by atoms with Crippen molar-refractivity contribution in [2.45, 2.75) is 11.3 Å². The van der Waals surface area contributed by atoms with Crippen LogP contribution in [0.15, 0.2) is 218 Å². The summed E-state index contributed by atoms with van der Waals surface area (Å²) in [6, 6.07) is 69.8. The minimum absolute atomic E-state index is 0.132. The van der Waals surface area contributed by atoms with Gasteiger partial charge in [0, 0.05) is 39.6 Å². The Balaban J connectivity index is 0.997. The van der Waals surface area contributed by atoms with Crippen LogP contribution in [0.25, 0.3) is 83.9 Å². The molecule has 1 spiro atoms. The third-order valence-electron chi connectivity index (χ3n) is 13.5. The van der Waals surface area contributed by atoms with Crippen molar-refractivity contribution in [3.63, 3.8) is 0 Å². The zero-order valence-corrected chi connectivity index (χ0v) is 33.7. The van der Waals surface area contributed by atoms with Gasteiger partial charge in [0.2, 0.25) is 0 Å². The molecule has 0 bridgehead atoms. The number of nitrogens with zero attached hydrogens (tertiary/aromatic N) is 4. The first-order valence-corrected chi connectivity index (χ1v) is 21.5. The molecule has 4 heteroatoms. The summed E-state index contributed by atoms with van der Waals surface area (Å²) in [5, 5.41) is 1.05. The van der Waals surface area contributed by atoms with Crippen molar-refractivity contribution in [1.82, 2.24) is 19.5 Å². The highest BCUT2D eigenvalue weighted by Gasteiger charge is 2.58. The molecule has 0 aliphatic heterocycles. The Hall–Kier alpha value is -7.95. The van der Waals surface area contributed by atoms with E-state index in [1.807, 2.05) is 0 Å². The summed E-state index contributed by atoms with van der Waals surface area (Å²) in [6.07, 6.45) is 9.34. The van der Waals surface area contributed by atoms with Gasteiger partial charge >= 0.3 is 0 Å². The predicted molar refractivity (Wildman–Crippen MR) is 252 cm³/mol. The highest BCUT2D eigenvalue weighted by Crippen LogP contribution is 2.67. The van der Waals surface area contributed by atoms with E-state index < -0.39 is 5.41 Å². The topological polar surface area (TPSA) is 43.6 Å². The Morgan fingerprint density at radius 2 is 1.08 bits per heavy atom. The normalized spacial score (nSPS) is 17.9. The van der Waals surface area contributed by atoms with Crippen molar-refractivity contribution < 1.29 is 0 Å². The molecule has 0 saturated heterocycles. The van der Waals surface area contributed by atoms with Gasteiger partial charge in [-0.2, -0.15) is 0 Å². The fourth-order valence-corrected chi connectivity index (χ4v) is 11.1. The molecule has 62 heavy (non-hydrogen) atoms. The molecule has 3 unspecified atom stereocenters. The highest BCUT2D eigenvalue weighted by atomic mass is 15.1. The molecule has 2 heterocycles. The lowest BCUT2D eigenvalue weighted by molar-refractivity contribution is 0.466. The summed E-state index contributed by atoms with van der Waals surface area (Å²) < 4.78 is 2.27. The number of imidazole rings is 1. The number of allylic oxidation sites excluding steroid dienone is 4. The molecule has 0 saturated carbocycles. The molecule has 8 aromatic carbocycles. The maximum absolute atomic E-state index is 5.42. The van der Waals surface area contributed by atoms with Crippen LogP contribution in [0.1, 0.15) is 28.2 Å². The van der Waals surface area contributed by atoms with Crippen molar-refractivity contribution in [3.05, 3.63) is 241 Å². The van der Waals surface area contributed by atoms with E-state index in [0.717, 1.165) is 61.7 Å². The van der Waals surface area contributed by atoms with Gasteiger partial charge in [0.05, 0.1) is 27.7 Å². The Morgan fingerprint density at radius 1 is 0.435 bits per heavy atom. The molecule has 3 aliphatic rings. The van der Waals surface area contributed by atoms with Crippen LogP contribution in [0.5, 0.6) is 0 Å². The van der Waals surface area contributed by atoms with E-state index in [0.29, 0.717) is 0 Å². The smallest absolute Gasteiger partial charge is 0.160 e. The Bertz CT molecular complexity index is 3470. The predicted octanol–water partition coefficient (Wildman–Crippen LogP) is 13.8. The Morgan fingerprint density at radius 3 is 1.94 bits per heavy atom. The number of fused-ring (bicyclic) bond motifs is 12. The van der Waals surface area contributed by atoms with Crippen LogP contribution in [0.3, 0.4) is 0 Å². The Labute approximate surface area is 359 Å². The summed E-state index contributed by atoms with van der Waals surface area (Å²) >= 11 is 0. The van der Waals surface area contributed by atoms with E-state index >= 15 is 0 Å². The highest BCUT2D eigenvalue weighted by molar-refractivity contribution is 5.97. The van der Waals surface area contributed by atoms with Crippen molar-refractivity contribution in [3.8, 4) is 62.0 Å². The minimum atomic E-state index is -0.418. The van der Waals surface area contributed by atoms with E-state index in [1.165, 1.54) is 44.5 Å². The van der Waals surface area contributed by atoms with Crippen LogP contribution in [0.2, 0.25) is 0 Å². The SMILES string of the molecule is C1=CC2c3c(-c4nc(-c5ccccc5)c5ccccc5n4)cccc3C3(c4ccccc4-c4c(-c5ccc(-c6nc7ccccc7n6-c6ccccc6)cc5)cccc43)C2C=C1. The lowest BCUT2D eigenvalue weighted by Gasteiger charge is -2.36. The van der Waals surface area contributed by atoms with E-state index in [4.69, 9.17) is 15.0 Å². The fraction of sp³-hybridized carbons (Fsp3) is 0.0517. The maximum atomic E-state index is 5.42. The summed E-state index contributed by atoms with van der Waals surface area (Å²) in [4.78, 5) is 15.9. The molecule has 4 nitrogen and oxygen atoms in total. The average Bonchev–Trinajstić information content (AvgIpc) is 3.99. The number of para-hydroxylation sites is 4. The molecule has 0 N–H and O–H groups in total. The molecule has 0 fully saturated rings. The van der Waals surface area contributed by atoms with Gasteiger partial charge in [-0.15, -0.1) is 0 Å². The lowest BCUT2D eigenvalue weighted by atomic mass is 9.65. The molecule has 2 aromatic heterocycles. The third-order valence-corrected chi connectivity index (χ3v) is 13.5. The number of hydrogen-bond acceptors (Lipinski definition) is 3. The number of aromatic nitrogens is 4. The van der Waals surface area contributed by atoms with Crippen LogP contribution < -0.4 is 0 Å². The van der Waals surface area contributed by atoms with Gasteiger partial charge in [-0.1, -0.05) is 188 Å². The monoisotopic (exact) mass is 790 g/mol. The van der Waals surface area contributed by atoms with Crippen LogP contribution in [-0.2, 0) is 5.41 Å². The molecular formula is C58H38N4. The fourth-order valence-electron chi connectivity index (χ4n) is 11.1. The first kappa shape index (κ1) is 34.9. The van der Waals surface area contributed by atoms with E-state index in [-0.39, 0.29) is 11.8 Å². The van der Waals surface area contributed by atoms with Gasteiger partial charge in [0.15, 0.2) is 5.82 Å². The second kappa shape index (κ2) is 13.5. The second-order valence-corrected chi connectivity index (χ2v) is 16.6. The standard InChI is InChI=1S/C58H38N4/c1-3-17-38(18-4-1)55-44-23-9-12-30-50(44)59-56(61-55)45-25-16-29-49-54(45)43-22-8-11-27-47(43)58(49)46-26-10-7-21-42(46)53-41(24-15-28-48(53)58)37-33-35-39(36-34-37)57-60-51-31-13-14-32-52(51)62(57)40-19-5-2-6-20-40/h1-36,43,47H. The molecule has 0 radical (unpaired) electrons. The molecule has 13 rings (SSSR count). The van der Waals surface area contributed by atoms with Crippen LogP contribution in [-0.4, -0.2) is 19.5 Å². The summed E-state index contributed by atoms with van der Waals surface area (Å²) in [7, 11) is 0. The van der Waals surface area contributed by atoms with Gasteiger partial charge in [0.25, 0.3) is 0 Å². The largest absolute Gasteiger partial charge is 0.292 e. The van der Waals surface area contributed by atoms with E-state index in [9.17, 15) is 0 Å². The number of rotatable bonds is 5. The van der Waals surface area contributed by atoms with E-state index in [1.54, 1.807) is 0 Å². The van der Waals surface area contributed by atoms with Crippen LogP contribution in [0, 0.1) is 5.92 Å². The van der Waals surface area contributed by atoms with Crippen LogP contribution >= 0.6 is 0 Å². The van der Waals surface area contributed by atoms with Gasteiger partial charge in [0.1, 0.15) is 5.82 Å². The quantitative estimate of drug-likeness (QED) is 0.174. The second-order valence-electron chi connectivity index (χ2n) is 16.6. The van der Waals surface area contributed by atoms with Gasteiger partial charge < -0.3 is 0 Å². The van der Waals surface area contributed by atoms with Crippen molar-refractivity contribution >= 4 is 21.9 Å². The molecule has 0 amide bonds. The third kappa shape index (κ3) is 4.92. The zero-order valence-electron chi connectivity index (χ0n) is 33.7. The Kier molecular flexibility index (Phi) is 7.61.